The quantitative estimate of drug-likeness (QED) is 0.697. The second kappa shape index (κ2) is 8.13. The number of benzene rings is 1. The van der Waals surface area contributed by atoms with Gasteiger partial charge in [0.1, 0.15) is 11.9 Å². The topological polar surface area (TPSA) is 95.0 Å². The van der Waals surface area contributed by atoms with Crippen molar-refractivity contribution in [2.24, 2.45) is 0 Å². The zero-order valence-corrected chi connectivity index (χ0v) is 15.6. The molecule has 1 saturated carbocycles. The Morgan fingerprint density at radius 1 is 1.27 bits per heavy atom. The van der Waals surface area contributed by atoms with Gasteiger partial charge >= 0.3 is 5.97 Å². The minimum absolute atomic E-state index is 0.0215. The van der Waals surface area contributed by atoms with Crippen molar-refractivity contribution in [1.29, 1.82) is 0 Å². The van der Waals surface area contributed by atoms with Crippen LogP contribution in [-0.2, 0) is 19.6 Å². The molecule has 0 aliphatic heterocycles. The van der Waals surface area contributed by atoms with Crippen LogP contribution in [0.4, 0.5) is 4.39 Å². The maximum absolute atomic E-state index is 12.9. The Bertz CT molecular complexity index is 762. The number of aliphatic carboxylic acids is 1. The molecule has 0 aromatic heterocycles. The van der Waals surface area contributed by atoms with E-state index in [0.717, 1.165) is 29.3 Å². The highest BCUT2D eigenvalue weighted by Gasteiger charge is 2.38. The Kier molecular flexibility index (Phi) is 6.35. The van der Waals surface area contributed by atoms with Crippen LogP contribution in [-0.4, -0.2) is 60.3 Å². The van der Waals surface area contributed by atoms with Crippen LogP contribution in [0.2, 0.25) is 0 Å². The van der Waals surface area contributed by atoms with Gasteiger partial charge in [0.2, 0.25) is 15.9 Å². The van der Waals surface area contributed by atoms with Gasteiger partial charge in [0.05, 0.1) is 4.90 Å². The Hall–Kier alpha value is -2.00. The van der Waals surface area contributed by atoms with E-state index in [0.29, 0.717) is 0 Å². The predicted molar refractivity (Wildman–Crippen MR) is 92.4 cm³/mol. The van der Waals surface area contributed by atoms with E-state index in [-0.39, 0.29) is 36.2 Å². The van der Waals surface area contributed by atoms with Gasteiger partial charge in [0, 0.05) is 26.1 Å². The summed E-state index contributed by atoms with van der Waals surface area (Å²) in [6.07, 6.45) is 1.92. The molecule has 0 heterocycles. The molecule has 2 rings (SSSR count). The maximum atomic E-state index is 12.9. The van der Waals surface area contributed by atoms with E-state index in [1.807, 2.05) is 0 Å². The second-order valence-corrected chi connectivity index (χ2v) is 8.48. The van der Waals surface area contributed by atoms with Gasteiger partial charge in [0.25, 0.3) is 0 Å². The van der Waals surface area contributed by atoms with Crippen LogP contribution in [0.1, 0.15) is 32.6 Å². The predicted octanol–water partition coefficient (Wildman–Crippen LogP) is 1.69. The van der Waals surface area contributed by atoms with E-state index in [2.05, 4.69) is 0 Å². The summed E-state index contributed by atoms with van der Waals surface area (Å²) in [6.45, 7) is 1.58. The second-order valence-electron chi connectivity index (χ2n) is 6.43. The molecule has 1 amide bonds. The fourth-order valence-corrected chi connectivity index (χ4v) is 3.91. The van der Waals surface area contributed by atoms with Crippen molar-refractivity contribution in [3.63, 3.8) is 0 Å². The van der Waals surface area contributed by atoms with Crippen molar-refractivity contribution >= 4 is 21.9 Å². The molecule has 0 saturated heterocycles. The third kappa shape index (κ3) is 4.79. The Labute approximate surface area is 152 Å². The molecule has 1 fully saturated rings. The van der Waals surface area contributed by atoms with E-state index >= 15 is 0 Å². The third-order valence-electron chi connectivity index (χ3n) is 4.39. The molecule has 1 atom stereocenters. The molecule has 9 heteroatoms. The van der Waals surface area contributed by atoms with Gasteiger partial charge in [-0.1, -0.05) is 0 Å². The summed E-state index contributed by atoms with van der Waals surface area (Å²) in [5.41, 5.74) is 0. The summed E-state index contributed by atoms with van der Waals surface area (Å²) in [5.74, 6) is -1.86. The molecule has 1 aromatic rings. The monoisotopic (exact) mass is 386 g/mol. The number of nitrogens with zero attached hydrogens (tertiary/aromatic N) is 2. The average molecular weight is 386 g/mol. The highest BCUT2D eigenvalue weighted by Crippen LogP contribution is 2.29. The molecule has 0 spiro atoms. The van der Waals surface area contributed by atoms with Crippen molar-refractivity contribution in [1.82, 2.24) is 9.21 Å². The highest BCUT2D eigenvalue weighted by molar-refractivity contribution is 7.89. The number of hydrogen-bond acceptors (Lipinski definition) is 4. The number of carbonyl (C=O) groups is 2. The first-order valence-corrected chi connectivity index (χ1v) is 9.84. The summed E-state index contributed by atoms with van der Waals surface area (Å²) in [7, 11) is -2.37. The number of amides is 1. The SMILES string of the molecule is CC(C(=O)O)N(C(=O)CCCN(C)S(=O)(=O)c1ccc(F)cc1)C1CC1. The van der Waals surface area contributed by atoms with Crippen LogP contribution in [0.25, 0.3) is 0 Å². The van der Waals surface area contributed by atoms with Crippen LogP contribution in [0.15, 0.2) is 29.2 Å². The number of carboxylic acids is 1. The molecule has 1 aliphatic rings. The van der Waals surface area contributed by atoms with Gasteiger partial charge < -0.3 is 10.0 Å². The molecule has 7 nitrogen and oxygen atoms in total. The zero-order valence-electron chi connectivity index (χ0n) is 14.8. The van der Waals surface area contributed by atoms with Crippen molar-refractivity contribution in [2.75, 3.05) is 13.6 Å². The Balaban J connectivity index is 1.92. The fourth-order valence-electron chi connectivity index (χ4n) is 2.70. The molecule has 1 N–H and O–H groups in total. The Morgan fingerprint density at radius 2 is 1.85 bits per heavy atom. The molecule has 144 valence electrons. The Morgan fingerprint density at radius 3 is 2.35 bits per heavy atom. The van der Waals surface area contributed by atoms with E-state index in [9.17, 15) is 22.4 Å². The standard InChI is InChI=1S/C17H23FN2O5S/c1-12(17(22)23)20(14-7-8-14)16(21)4-3-11-19(2)26(24,25)15-9-5-13(18)6-10-15/h5-6,9-10,12,14H,3-4,7-8,11H2,1-2H3,(H,22,23). The lowest BCUT2D eigenvalue weighted by atomic mass is 10.2. The van der Waals surface area contributed by atoms with E-state index in [1.165, 1.54) is 31.0 Å². The molecule has 0 bridgehead atoms. The third-order valence-corrected chi connectivity index (χ3v) is 6.26. The van der Waals surface area contributed by atoms with Crippen molar-refractivity contribution in [3.8, 4) is 0 Å². The molecule has 1 unspecified atom stereocenters. The van der Waals surface area contributed by atoms with E-state index in [4.69, 9.17) is 5.11 Å². The lowest BCUT2D eigenvalue weighted by molar-refractivity contribution is -0.150. The summed E-state index contributed by atoms with van der Waals surface area (Å²) in [4.78, 5) is 24.9. The first-order valence-electron chi connectivity index (χ1n) is 8.40. The number of rotatable bonds is 9. The largest absolute Gasteiger partial charge is 0.480 e. The number of carboxylic acid groups (broad SMARTS) is 1. The first-order chi connectivity index (χ1) is 12.1. The molecule has 0 radical (unpaired) electrons. The zero-order chi connectivity index (χ0) is 19.5. The van der Waals surface area contributed by atoms with Crippen LogP contribution in [0.3, 0.4) is 0 Å². The number of carbonyl (C=O) groups excluding carboxylic acids is 1. The molecule has 26 heavy (non-hydrogen) atoms. The average Bonchev–Trinajstić information content (AvgIpc) is 3.40. The molecule has 1 aromatic carbocycles. The van der Waals surface area contributed by atoms with Crippen molar-refractivity contribution < 1.29 is 27.5 Å². The van der Waals surface area contributed by atoms with E-state index in [1.54, 1.807) is 0 Å². The number of sulfonamides is 1. The van der Waals surface area contributed by atoms with Crippen LogP contribution in [0.5, 0.6) is 0 Å². The maximum Gasteiger partial charge on any atom is 0.326 e. The molecular weight excluding hydrogens is 363 g/mol. The normalized spacial score (nSPS) is 15.7. The minimum atomic E-state index is -3.76. The fraction of sp³-hybridized carbons (Fsp3) is 0.529. The van der Waals surface area contributed by atoms with Gasteiger partial charge in [-0.3, -0.25) is 4.79 Å². The van der Waals surface area contributed by atoms with Gasteiger partial charge in [0.15, 0.2) is 0 Å². The van der Waals surface area contributed by atoms with Crippen molar-refractivity contribution in [3.05, 3.63) is 30.1 Å². The smallest absolute Gasteiger partial charge is 0.326 e. The highest BCUT2D eigenvalue weighted by atomic mass is 32.2. The summed E-state index contributed by atoms with van der Waals surface area (Å²) in [6, 6.07) is 3.60. The van der Waals surface area contributed by atoms with Crippen LogP contribution < -0.4 is 0 Å². The van der Waals surface area contributed by atoms with Crippen LogP contribution in [0, 0.1) is 5.82 Å². The van der Waals surface area contributed by atoms with E-state index < -0.39 is 27.9 Å². The lowest BCUT2D eigenvalue weighted by Gasteiger charge is -2.27. The first kappa shape index (κ1) is 20.3. The van der Waals surface area contributed by atoms with Gasteiger partial charge in [-0.2, -0.15) is 0 Å². The summed E-state index contributed by atoms with van der Waals surface area (Å²) >= 11 is 0. The molecular formula is C17H23FN2O5S. The van der Waals surface area contributed by atoms with Gasteiger partial charge in [-0.05, 0) is 50.5 Å². The minimum Gasteiger partial charge on any atom is -0.480 e. The number of hydrogen-bond donors (Lipinski definition) is 1. The number of halogens is 1. The van der Waals surface area contributed by atoms with Gasteiger partial charge in [-0.25, -0.2) is 21.9 Å². The van der Waals surface area contributed by atoms with Crippen LogP contribution >= 0.6 is 0 Å². The lowest BCUT2D eigenvalue weighted by Crippen LogP contribution is -2.44. The van der Waals surface area contributed by atoms with Crippen molar-refractivity contribution in [2.45, 2.75) is 49.6 Å². The van der Waals surface area contributed by atoms with Gasteiger partial charge in [-0.15, -0.1) is 0 Å². The summed E-state index contributed by atoms with van der Waals surface area (Å²) < 4.78 is 38.8. The summed E-state index contributed by atoms with van der Waals surface area (Å²) in [5, 5.41) is 9.14. The molecule has 1 aliphatic carbocycles.